The molecule has 0 fully saturated rings. The highest BCUT2D eigenvalue weighted by Gasteiger charge is 2.64. The van der Waals surface area contributed by atoms with Crippen LogP contribution in [0.2, 0.25) is 0 Å². The Balaban J connectivity index is 1.48. The molecule has 238 valence electrons. The number of phenolic OH excluding ortho intramolecular Hbond substituents is 3. The van der Waals surface area contributed by atoms with Crippen molar-refractivity contribution < 1.29 is 58.2 Å². The fraction of sp³-hybridized carbons (Fsp3) is 0.382. The number of hydrogen-bond acceptors (Lipinski definition) is 12. The summed E-state index contributed by atoms with van der Waals surface area (Å²) in [5.41, 5.74) is -2.70. The van der Waals surface area contributed by atoms with Crippen LogP contribution in [0.5, 0.6) is 17.2 Å². The van der Waals surface area contributed by atoms with Crippen LogP contribution in [-0.4, -0.2) is 57.8 Å². The molecule has 3 aliphatic carbocycles. The van der Waals surface area contributed by atoms with Crippen LogP contribution in [0.3, 0.4) is 0 Å². The van der Waals surface area contributed by atoms with E-state index in [0.29, 0.717) is 16.9 Å². The molecule has 0 saturated heterocycles. The Morgan fingerprint density at radius 2 is 1.65 bits per heavy atom. The number of benzene rings is 2. The number of allylic oxidation sites excluding steroid dienone is 2. The van der Waals surface area contributed by atoms with Crippen molar-refractivity contribution in [3.63, 3.8) is 0 Å². The molecule has 7 rings (SSSR count). The van der Waals surface area contributed by atoms with Crippen LogP contribution in [0.15, 0.2) is 23.0 Å². The molecule has 5 atom stereocenters. The molecule has 0 amide bonds. The molecule has 2 aromatic carbocycles. The zero-order valence-electron chi connectivity index (χ0n) is 25.6. The van der Waals surface area contributed by atoms with E-state index in [2.05, 4.69) is 0 Å². The van der Waals surface area contributed by atoms with Gasteiger partial charge in [0.15, 0.2) is 23.0 Å². The number of phenols is 3. The molecule has 0 aromatic heterocycles. The molecule has 2 heterocycles. The normalized spacial score (nSPS) is 27.1. The van der Waals surface area contributed by atoms with Crippen LogP contribution in [0.25, 0.3) is 6.08 Å². The van der Waals surface area contributed by atoms with Gasteiger partial charge in [-0.25, -0.2) is 0 Å². The number of methoxy groups -OCH3 is 1. The lowest BCUT2D eigenvalue weighted by atomic mass is 9.72. The van der Waals surface area contributed by atoms with Crippen LogP contribution >= 0.6 is 0 Å². The van der Waals surface area contributed by atoms with E-state index < -0.39 is 87.5 Å². The van der Waals surface area contributed by atoms with Gasteiger partial charge in [0.2, 0.25) is 0 Å². The van der Waals surface area contributed by atoms with Gasteiger partial charge in [0.1, 0.15) is 23.4 Å². The standard InChI is InChI=1S/C34H30O12/c1-11-6-17-22(13(3)44-11)31(40)26-25(28(17)37)33(42)27-23(32(26)41)18-10-34(27,46-14(4)35)19-8-15-7-16(9-20(36)43-5)45-12(2)21(15)30(39)24(19)29(18)38/h6,8,12-13,16,18,37,39-40H,7,9-10H2,1-5H3/t12-,13?,16+,18-,34?/m0/s1. The van der Waals surface area contributed by atoms with Gasteiger partial charge in [-0.1, -0.05) is 0 Å². The highest BCUT2D eigenvalue weighted by atomic mass is 16.6. The molecule has 2 aliphatic heterocycles. The third kappa shape index (κ3) is 3.73. The fourth-order valence-electron chi connectivity index (χ4n) is 8.06. The van der Waals surface area contributed by atoms with E-state index in [0.717, 1.165) is 6.92 Å². The Morgan fingerprint density at radius 1 is 0.978 bits per heavy atom. The Morgan fingerprint density at radius 3 is 2.33 bits per heavy atom. The molecule has 46 heavy (non-hydrogen) atoms. The molecule has 0 radical (unpaired) electrons. The first-order chi connectivity index (χ1) is 21.7. The van der Waals surface area contributed by atoms with Crippen molar-refractivity contribution in [3.05, 3.63) is 67.5 Å². The fourth-order valence-corrected chi connectivity index (χ4v) is 8.06. The molecule has 2 unspecified atom stereocenters. The minimum atomic E-state index is -1.98. The van der Waals surface area contributed by atoms with E-state index in [1.807, 2.05) is 0 Å². The molecule has 12 nitrogen and oxygen atoms in total. The highest BCUT2D eigenvalue weighted by molar-refractivity contribution is 6.33. The first-order valence-electron chi connectivity index (χ1n) is 14.9. The van der Waals surface area contributed by atoms with Gasteiger partial charge in [0.05, 0.1) is 59.7 Å². The number of aromatic hydroxyl groups is 3. The summed E-state index contributed by atoms with van der Waals surface area (Å²) < 4.78 is 22.4. The van der Waals surface area contributed by atoms with E-state index in [-0.39, 0.29) is 52.7 Å². The van der Waals surface area contributed by atoms with Gasteiger partial charge in [0, 0.05) is 41.2 Å². The minimum Gasteiger partial charge on any atom is -0.507 e. The summed E-state index contributed by atoms with van der Waals surface area (Å²) in [5, 5.41) is 34.5. The quantitative estimate of drug-likeness (QED) is 0.326. The van der Waals surface area contributed by atoms with Crippen molar-refractivity contribution in [2.45, 2.75) is 70.9 Å². The van der Waals surface area contributed by atoms with Crippen molar-refractivity contribution in [1.29, 1.82) is 0 Å². The van der Waals surface area contributed by atoms with Gasteiger partial charge in [0.25, 0.3) is 0 Å². The lowest BCUT2D eigenvalue weighted by Crippen LogP contribution is -2.41. The SMILES string of the molecule is COC(=O)C[C@H]1Cc2cc3c(c(O)c2[C@H](C)O1)C(=O)[C@H]1CC3(OC(C)=O)C2=C1C(=O)c1c(O)c3c(c(O)c1C2=O)C=C(C)OC3C. The van der Waals surface area contributed by atoms with Gasteiger partial charge >= 0.3 is 11.9 Å². The Kier molecular flexibility index (Phi) is 6.31. The Hall–Kier alpha value is -4.97. The van der Waals surface area contributed by atoms with Gasteiger partial charge in [-0.3, -0.25) is 24.0 Å². The Bertz CT molecular complexity index is 1930. The van der Waals surface area contributed by atoms with E-state index >= 15 is 0 Å². The smallest absolute Gasteiger partial charge is 0.308 e. The monoisotopic (exact) mass is 630 g/mol. The summed E-state index contributed by atoms with van der Waals surface area (Å²) in [7, 11) is 1.25. The predicted molar refractivity (Wildman–Crippen MR) is 156 cm³/mol. The molecule has 12 heteroatoms. The second-order valence-corrected chi connectivity index (χ2v) is 12.4. The number of carbonyl (C=O) groups excluding carboxylic acids is 5. The first kappa shape index (κ1) is 29.7. The molecule has 3 N–H and O–H groups in total. The summed E-state index contributed by atoms with van der Waals surface area (Å²) in [6, 6.07) is 1.56. The zero-order chi connectivity index (χ0) is 33.1. The van der Waals surface area contributed by atoms with E-state index in [1.165, 1.54) is 13.2 Å². The predicted octanol–water partition coefficient (Wildman–Crippen LogP) is 4.17. The van der Waals surface area contributed by atoms with Crippen LogP contribution < -0.4 is 0 Å². The van der Waals surface area contributed by atoms with Gasteiger partial charge in [-0.15, -0.1) is 0 Å². The van der Waals surface area contributed by atoms with Gasteiger partial charge < -0.3 is 34.3 Å². The molecule has 5 aliphatic rings. The number of esters is 2. The summed E-state index contributed by atoms with van der Waals surface area (Å²) >= 11 is 0. The number of fused-ring (bicyclic) bond motifs is 9. The number of carbonyl (C=O) groups is 5. The molecular weight excluding hydrogens is 600 g/mol. The minimum absolute atomic E-state index is 0.0140. The highest BCUT2D eigenvalue weighted by Crippen LogP contribution is 2.62. The summed E-state index contributed by atoms with van der Waals surface area (Å²) in [5.74, 6) is -6.23. The lowest BCUT2D eigenvalue weighted by Gasteiger charge is -2.39. The van der Waals surface area contributed by atoms with Crippen molar-refractivity contribution in [2.75, 3.05) is 7.11 Å². The van der Waals surface area contributed by atoms with Crippen LogP contribution in [0.4, 0.5) is 0 Å². The van der Waals surface area contributed by atoms with Crippen molar-refractivity contribution in [2.24, 2.45) is 5.92 Å². The van der Waals surface area contributed by atoms with Crippen LogP contribution in [0.1, 0.15) is 112 Å². The number of Topliss-reactive ketones (excluding diaryl/α,β-unsaturated/α-hetero) is 3. The number of rotatable bonds is 3. The number of ketones is 3. The maximum atomic E-state index is 14.6. The molecule has 2 aromatic rings. The lowest BCUT2D eigenvalue weighted by molar-refractivity contribution is -0.154. The van der Waals surface area contributed by atoms with Crippen molar-refractivity contribution >= 4 is 35.4 Å². The number of hydrogen-bond donors (Lipinski definition) is 3. The maximum absolute atomic E-state index is 14.6. The second kappa shape index (κ2) is 9.76. The van der Waals surface area contributed by atoms with E-state index in [4.69, 9.17) is 18.9 Å². The zero-order valence-corrected chi connectivity index (χ0v) is 25.6. The average molecular weight is 631 g/mol. The van der Waals surface area contributed by atoms with Crippen LogP contribution in [-0.2, 0) is 40.6 Å². The van der Waals surface area contributed by atoms with Crippen molar-refractivity contribution in [3.8, 4) is 17.2 Å². The van der Waals surface area contributed by atoms with Gasteiger partial charge in [-0.05, 0) is 44.9 Å². The molecule has 2 bridgehead atoms. The Labute approximate surface area is 262 Å². The summed E-state index contributed by atoms with van der Waals surface area (Å²) in [6.45, 7) is 6.02. The number of ether oxygens (including phenoxy) is 4. The van der Waals surface area contributed by atoms with Gasteiger partial charge in [-0.2, -0.15) is 0 Å². The topological polar surface area (TPSA) is 183 Å². The third-order valence-electron chi connectivity index (χ3n) is 9.69. The van der Waals surface area contributed by atoms with Crippen LogP contribution in [0, 0.1) is 5.92 Å². The maximum Gasteiger partial charge on any atom is 0.308 e. The summed E-state index contributed by atoms with van der Waals surface area (Å²) in [4.78, 5) is 67.9. The van der Waals surface area contributed by atoms with E-state index in [1.54, 1.807) is 26.8 Å². The first-order valence-corrected chi connectivity index (χ1v) is 14.9. The third-order valence-corrected chi connectivity index (χ3v) is 9.69. The van der Waals surface area contributed by atoms with E-state index in [9.17, 15) is 39.3 Å². The largest absolute Gasteiger partial charge is 0.507 e. The summed E-state index contributed by atoms with van der Waals surface area (Å²) in [6.07, 6.45) is -0.984. The molecular formula is C34H30O12. The average Bonchev–Trinajstić information content (AvgIpc) is 3.28. The second-order valence-electron chi connectivity index (χ2n) is 12.4. The molecule has 0 saturated carbocycles. The van der Waals surface area contributed by atoms with Crippen molar-refractivity contribution in [1.82, 2.24) is 0 Å². The molecule has 0 spiro atoms.